The Balaban J connectivity index is 2.35. The molecule has 0 radical (unpaired) electrons. The van der Waals surface area contributed by atoms with Crippen molar-refractivity contribution in [3.63, 3.8) is 0 Å². The van der Waals surface area contributed by atoms with E-state index in [1.54, 1.807) is 12.1 Å². The zero-order valence-corrected chi connectivity index (χ0v) is 8.92. The van der Waals surface area contributed by atoms with Crippen LogP contribution in [-0.4, -0.2) is 29.5 Å². The summed E-state index contributed by atoms with van der Waals surface area (Å²) < 4.78 is 4.91. The molecule has 0 saturated heterocycles. The number of anilines is 1. The number of nitro benzene ring substituents is 1. The largest absolute Gasteiger partial charge is 0.383 e. The SMILES string of the molecule is CC(O)OCCNc1ccc([N+](=O)[O-])cc1. The number of nitrogens with one attached hydrogen (secondary N) is 1. The lowest BCUT2D eigenvalue weighted by molar-refractivity contribution is -0.384. The lowest BCUT2D eigenvalue weighted by Crippen LogP contribution is -2.14. The van der Waals surface area contributed by atoms with Crippen LogP contribution in [0.5, 0.6) is 0 Å². The van der Waals surface area contributed by atoms with Gasteiger partial charge < -0.3 is 15.2 Å². The van der Waals surface area contributed by atoms with Crippen LogP contribution in [0.25, 0.3) is 0 Å². The molecule has 6 heteroatoms. The Kier molecular flexibility index (Phi) is 4.68. The number of nitro groups is 1. The molecule has 0 aliphatic rings. The standard InChI is InChI=1S/C10H14N2O4/c1-8(13)16-7-6-11-9-2-4-10(5-3-9)12(14)15/h2-5,8,11,13H,6-7H2,1H3. The van der Waals surface area contributed by atoms with Crippen LogP contribution < -0.4 is 5.32 Å². The fourth-order valence-corrected chi connectivity index (χ4v) is 1.13. The maximum absolute atomic E-state index is 10.4. The highest BCUT2D eigenvalue weighted by atomic mass is 16.6. The Hall–Kier alpha value is -1.66. The van der Waals surface area contributed by atoms with Gasteiger partial charge in [-0.05, 0) is 19.1 Å². The maximum Gasteiger partial charge on any atom is 0.269 e. The molecule has 0 aliphatic carbocycles. The molecule has 0 amide bonds. The summed E-state index contributed by atoms with van der Waals surface area (Å²) in [6, 6.07) is 6.11. The second kappa shape index (κ2) is 6.04. The fourth-order valence-electron chi connectivity index (χ4n) is 1.13. The minimum atomic E-state index is -0.779. The lowest BCUT2D eigenvalue weighted by atomic mass is 10.3. The monoisotopic (exact) mass is 226 g/mol. The third kappa shape index (κ3) is 4.24. The number of aliphatic hydroxyl groups excluding tert-OH is 1. The van der Waals surface area contributed by atoms with E-state index in [2.05, 4.69) is 5.32 Å². The highest BCUT2D eigenvalue weighted by Gasteiger charge is 2.03. The Bertz CT molecular complexity index is 337. The summed E-state index contributed by atoms with van der Waals surface area (Å²) in [6.07, 6.45) is -0.779. The van der Waals surface area contributed by atoms with E-state index in [0.717, 1.165) is 5.69 Å². The molecule has 88 valence electrons. The first kappa shape index (κ1) is 12.4. The van der Waals surface area contributed by atoms with Crippen molar-refractivity contribution in [3.8, 4) is 0 Å². The van der Waals surface area contributed by atoms with E-state index in [-0.39, 0.29) is 5.69 Å². The van der Waals surface area contributed by atoms with E-state index in [1.807, 2.05) is 0 Å². The van der Waals surface area contributed by atoms with Gasteiger partial charge in [0.2, 0.25) is 0 Å². The topological polar surface area (TPSA) is 84.6 Å². The molecule has 0 fully saturated rings. The first-order chi connectivity index (χ1) is 7.59. The normalized spacial score (nSPS) is 12.1. The number of aliphatic hydroxyl groups is 1. The van der Waals surface area contributed by atoms with Crippen LogP contribution >= 0.6 is 0 Å². The predicted octanol–water partition coefficient (Wildman–Crippen LogP) is 1.36. The summed E-state index contributed by atoms with van der Waals surface area (Å²) in [5, 5.41) is 22.2. The molecule has 1 aromatic carbocycles. The van der Waals surface area contributed by atoms with Crippen molar-refractivity contribution in [3.05, 3.63) is 34.4 Å². The zero-order chi connectivity index (χ0) is 12.0. The van der Waals surface area contributed by atoms with Gasteiger partial charge in [-0.3, -0.25) is 10.1 Å². The van der Waals surface area contributed by atoms with E-state index in [0.29, 0.717) is 13.2 Å². The molecule has 0 heterocycles. The van der Waals surface area contributed by atoms with E-state index < -0.39 is 11.2 Å². The molecule has 1 aromatic rings. The van der Waals surface area contributed by atoms with Gasteiger partial charge in [0.25, 0.3) is 5.69 Å². The van der Waals surface area contributed by atoms with Gasteiger partial charge in [0.1, 0.15) is 0 Å². The predicted molar refractivity (Wildman–Crippen MR) is 59.2 cm³/mol. The van der Waals surface area contributed by atoms with Crippen LogP contribution in [0.4, 0.5) is 11.4 Å². The number of hydrogen-bond donors (Lipinski definition) is 2. The Morgan fingerprint density at radius 3 is 2.62 bits per heavy atom. The first-order valence-corrected chi connectivity index (χ1v) is 4.87. The van der Waals surface area contributed by atoms with Crippen molar-refractivity contribution in [1.82, 2.24) is 0 Å². The fraction of sp³-hybridized carbons (Fsp3) is 0.400. The van der Waals surface area contributed by atoms with Crippen LogP contribution in [0, 0.1) is 10.1 Å². The van der Waals surface area contributed by atoms with Crippen molar-refractivity contribution in [2.75, 3.05) is 18.5 Å². The molecular weight excluding hydrogens is 212 g/mol. The average molecular weight is 226 g/mol. The number of ether oxygens (including phenoxy) is 1. The summed E-state index contributed by atoms with van der Waals surface area (Å²) >= 11 is 0. The quantitative estimate of drug-likeness (QED) is 0.331. The molecule has 1 atom stereocenters. The van der Waals surface area contributed by atoms with E-state index in [1.165, 1.54) is 19.1 Å². The van der Waals surface area contributed by atoms with Crippen molar-refractivity contribution in [2.24, 2.45) is 0 Å². The van der Waals surface area contributed by atoms with Crippen molar-refractivity contribution in [1.29, 1.82) is 0 Å². The highest BCUT2D eigenvalue weighted by molar-refractivity contribution is 5.48. The van der Waals surface area contributed by atoms with Gasteiger partial charge in [-0.25, -0.2) is 0 Å². The van der Waals surface area contributed by atoms with Gasteiger partial charge in [0.05, 0.1) is 11.5 Å². The Labute approximate surface area is 93.0 Å². The van der Waals surface area contributed by atoms with E-state index in [4.69, 9.17) is 9.84 Å². The van der Waals surface area contributed by atoms with Crippen LogP contribution in [0.1, 0.15) is 6.92 Å². The van der Waals surface area contributed by atoms with Gasteiger partial charge in [-0.15, -0.1) is 0 Å². The number of nitrogens with zero attached hydrogens (tertiary/aromatic N) is 1. The second-order valence-electron chi connectivity index (χ2n) is 3.20. The van der Waals surface area contributed by atoms with Crippen LogP contribution in [0.3, 0.4) is 0 Å². The minimum absolute atomic E-state index is 0.0609. The summed E-state index contributed by atoms with van der Waals surface area (Å²) in [5.74, 6) is 0. The van der Waals surface area contributed by atoms with Gasteiger partial charge >= 0.3 is 0 Å². The van der Waals surface area contributed by atoms with Gasteiger partial charge in [-0.2, -0.15) is 0 Å². The number of benzene rings is 1. The number of rotatable bonds is 6. The molecule has 0 spiro atoms. The third-order valence-corrected chi connectivity index (χ3v) is 1.87. The summed E-state index contributed by atoms with van der Waals surface area (Å²) in [7, 11) is 0. The molecule has 0 bridgehead atoms. The van der Waals surface area contributed by atoms with Gasteiger partial charge in [0.15, 0.2) is 6.29 Å². The lowest BCUT2D eigenvalue weighted by Gasteiger charge is -2.08. The van der Waals surface area contributed by atoms with Gasteiger partial charge in [0, 0.05) is 24.4 Å². The molecule has 0 saturated carbocycles. The molecule has 1 unspecified atom stereocenters. The smallest absolute Gasteiger partial charge is 0.269 e. The minimum Gasteiger partial charge on any atom is -0.383 e. The second-order valence-corrected chi connectivity index (χ2v) is 3.20. The maximum atomic E-state index is 10.4. The molecule has 16 heavy (non-hydrogen) atoms. The van der Waals surface area contributed by atoms with Crippen LogP contribution in [0.2, 0.25) is 0 Å². The molecular formula is C10H14N2O4. The van der Waals surface area contributed by atoms with E-state index >= 15 is 0 Å². The Morgan fingerprint density at radius 1 is 1.50 bits per heavy atom. The summed E-state index contributed by atoms with van der Waals surface area (Å²) in [6.45, 7) is 2.43. The number of hydrogen-bond acceptors (Lipinski definition) is 5. The van der Waals surface area contributed by atoms with Crippen LogP contribution in [0.15, 0.2) is 24.3 Å². The third-order valence-electron chi connectivity index (χ3n) is 1.87. The molecule has 0 aromatic heterocycles. The highest BCUT2D eigenvalue weighted by Crippen LogP contribution is 2.14. The molecule has 1 rings (SSSR count). The summed E-state index contributed by atoms with van der Waals surface area (Å²) in [5.41, 5.74) is 0.838. The zero-order valence-electron chi connectivity index (χ0n) is 8.92. The van der Waals surface area contributed by atoms with Crippen molar-refractivity contribution in [2.45, 2.75) is 13.2 Å². The van der Waals surface area contributed by atoms with Crippen molar-refractivity contribution < 1.29 is 14.8 Å². The first-order valence-electron chi connectivity index (χ1n) is 4.87. The summed E-state index contributed by atoms with van der Waals surface area (Å²) in [4.78, 5) is 9.94. The van der Waals surface area contributed by atoms with Crippen LogP contribution in [-0.2, 0) is 4.74 Å². The molecule has 2 N–H and O–H groups in total. The molecule has 0 aliphatic heterocycles. The Morgan fingerprint density at radius 2 is 2.12 bits per heavy atom. The molecule has 6 nitrogen and oxygen atoms in total. The van der Waals surface area contributed by atoms with E-state index in [9.17, 15) is 10.1 Å². The van der Waals surface area contributed by atoms with Crippen molar-refractivity contribution >= 4 is 11.4 Å². The average Bonchev–Trinajstić information content (AvgIpc) is 2.25. The number of non-ortho nitro benzene ring substituents is 1. The van der Waals surface area contributed by atoms with Gasteiger partial charge in [-0.1, -0.05) is 0 Å².